The SMILES string of the molecule is CN(C)c1cccc(C(=O)NC2(C)CCS(=O)(=O)C2)c1. The van der Waals surface area contributed by atoms with E-state index in [2.05, 4.69) is 5.32 Å². The highest BCUT2D eigenvalue weighted by molar-refractivity contribution is 7.91. The zero-order valence-corrected chi connectivity index (χ0v) is 12.8. The Hall–Kier alpha value is -1.56. The Kier molecular flexibility index (Phi) is 3.77. The van der Waals surface area contributed by atoms with E-state index in [1.807, 2.05) is 31.1 Å². The standard InChI is InChI=1S/C14H20N2O3S/c1-14(7-8-20(18,19)10-14)15-13(17)11-5-4-6-12(9-11)16(2)3/h4-6,9H,7-8,10H2,1-3H3,(H,15,17). The van der Waals surface area contributed by atoms with Gasteiger partial charge in [0.25, 0.3) is 5.91 Å². The van der Waals surface area contributed by atoms with E-state index in [1.165, 1.54) is 0 Å². The fraction of sp³-hybridized carbons (Fsp3) is 0.500. The van der Waals surface area contributed by atoms with Crippen molar-refractivity contribution in [2.24, 2.45) is 0 Å². The first-order valence-electron chi connectivity index (χ1n) is 6.51. The van der Waals surface area contributed by atoms with Crippen molar-refractivity contribution in [3.63, 3.8) is 0 Å². The summed E-state index contributed by atoms with van der Waals surface area (Å²) in [6, 6.07) is 7.26. The maximum absolute atomic E-state index is 12.3. The summed E-state index contributed by atoms with van der Waals surface area (Å²) >= 11 is 0. The second-order valence-corrected chi connectivity index (χ2v) is 7.99. The largest absolute Gasteiger partial charge is 0.378 e. The molecule has 110 valence electrons. The van der Waals surface area contributed by atoms with Gasteiger partial charge in [0.2, 0.25) is 0 Å². The van der Waals surface area contributed by atoms with Crippen LogP contribution < -0.4 is 10.2 Å². The van der Waals surface area contributed by atoms with Gasteiger partial charge in [-0.3, -0.25) is 4.79 Å². The van der Waals surface area contributed by atoms with Gasteiger partial charge in [0.05, 0.1) is 17.0 Å². The number of carbonyl (C=O) groups is 1. The van der Waals surface area contributed by atoms with Gasteiger partial charge in [-0.1, -0.05) is 6.07 Å². The summed E-state index contributed by atoms with van der Waals surface area (Å²) < 4.78 is 23.1. The van der Waals surface area contributed by atoms with Crippen molar-refractivity contribution in [1.82, 2.24) is 5.32 Å². The van der Waals surface area contributed by atoms with Gasteiger partial charge in [0.15, 0.2) is 9.84 Å². The average molecular weight is 296 g/mol. The zero-order chi connectivity index (χ0) is 15.0. The van der Waals surface area contributed by atoms with Crippen LogP contribution in [0, 0.1) is 0 Å². The van der Waals surface area contributed by atoms with E-state index in [9.17, 15) is 13.2 Å². The first-order chi connectivity index (χ1) is 9.21. The van der Waals surface area contributed by atoms with Crippen LogP contribution in [0.3, 0.4) is 0 Å². The number of nitrogens with one attached hydrogen (secondary N) is 1. The van der Waals surface area contributed by atoms with Gasteiger partial charge in [0.1, 0.15) is 0 Å². The molecule has 0 aliphatic carbocycles. The van der Waals surface area contributed by atoms with E-state index in [-0.39, 0.29) is 17.4 Å². The van der Waals surface area contributed by atoms with E-state index in [0.717, 1.165) is 5.69 Å². The first kappa shape index (κ1) is 14.8. The van der Waals surface area contributed by atoms with Gasteiger partial charge in [-0.05, 0) is 31.5 Å². The number of hydrogen-bond acceptors (Lipinski definition) is 4. The van der Waals surface area contributed by atoms with E-state index < -0.39 is 15.4 Å². The number of benzene rings is 1. The predicted octanol–water partition coefficient (Wildman–Crippen LogP) is 1.06. The van der Waals surface area contributed by atoms with Crippen molar-refractivity contribution < 1.29 is 13.2 Å². The van der Waals surface area contributed by atoms with Crippen molar-refractivity contribution in [3.05, 3.63) is 29.8 Å². The second kappa shape index (κ2) is 5.09. The van der Waals surface area contributed by atoms with Crippen molar-refractivity contribution >= 4 is 21.4 Å². The Bertz CT molecular complexity index is 625. The fourth-order valence-electron chi connectivity index (χ4n) is 2.38. The van der Waals surface area contributed by atoms with Gasteiger partial charge in [-0.15, -0.1) is 0 Å². The van der Waals surface area contributed by atoms with Crippen LogP contribution in [-0.4, -0.2) is 45.5 Å². The molecule has 20 heavy (non-hydrogen) atoms. The molecular formula is C14H20N2O3S. The van der Waals surface area contributed by atoms with E-state index in [1.54, 1.807) is 19.1 Å². The molecule has 0 bridgehead atoms. The van der Waals surface area contributed by atoms with Crippen LogP contribution in [0.2, 0.25) is 0 Å². The predicted molar refractivity (Wildman–Crippen MR) is 79.9 cm³/mol. The number of nitrogens with zero attached hydrogens (tertiary/aromatic N) is 1. The van der Waals surface area contributed by atoms with Gasteiger partial charge in [-0.2, -0.15) is 0 Å². The molecule has 1 aromatic rings. The second-order valence-electron chi connectivity index (χ2n) is 5.80. The van der Waals surface area contributed by atoms with Gasteiger partial charge in [-0.25, -0.2) is 8.42 Å². The third kappa shape index (κ3) is 3.30. The summed E-state index contributed by atoms with van der Waals surface area (Å²) in [4.78, 5) is 14.2. The Morgan fingerprint density at radius 2 is 2.05 bits per heavy atom. The van der Waals surface area contributed by atoms with Crippen LogP contribution in [-0.2, 0) is 9.84 Å². The normalized spacial score (nSPS) is 24.4. The molecule has 1 heterocycles. The molecule has 1 aliphatic rings. The molecule has 2 rings (SSSR count). The van der Waals surface area contributed by atoms with Crippen LogP contribution in [0.1, 0.15) is 23.7 Å². The third-order valence-corrected chi connectivity index (χ3v) is 5.45. The summed E-state index contributed by atoms with van der Waals surface area (Å²) in [6.07, 6.45) is 0.467. The number of carbonyl (C=O) groups excluding carboxylic acids is 1. The lowest BCUT2D eigenvalue weighted by Crippen LogP contribution is -2.46. The number of sulfone groups is 1. The lowest BCUT2D eigenvalue weighted by Gasteiger charge is -2.24. The molecule has 1 aliphatic heterocycles. The molecule has 0 saturated carbocycles. The topological polar surface area (TPSA) is 66.5 Å². The van der Waals surface area contributed by atoms with Crippen LogP contribution in [0.25, 0.3) is 0 Å². The lowest BCUT2D eigenvalue weighted by molar-refractivity contribution is 0.0915. The molecule has 5 nitrogen and oxygen atoms in total. The highest BCUT2D eigenvalue weighted by Gasteiger charge is 2.39. The van der Waals surface area contributed by atoms with E-state index in [0.29, 0.717) is 12.0 Å². The third-order valence-electron chi connectivity index (χ3n) is 3.54. The van der Waals surface area contributed by atoms with E-state index >= 15 is 0 Å². The van der Waals surface area contributed by atoms with Crippen molar-refractivity contribution in [3.8, 4) is 0 Å². The number of rotatable bonds is 3. The summed E-state index contributed by atoms with van der Waals surface area (Å²) in [5, 5.41) is 2.86. The molecule has 1 aromatic carbocycles. The zero-order valence-electron chi connectivity index (χ0n) is 12.0. The Morgan fingerprint density at radius 1 is 1.35 bits per heavy atom. The maximum atomic E-state index is 12.3. The monoisotopic (exact) mass is 296 g/mol. The summed E-state index contributed by atoms with van der Waals surface area (Å²) in [6.45, 7) is 1.78. The van der Waals surface area contributed by atoms with Crippen LogP contribution in [0.15, 0.2) is 24.3 Å². The molecule has 6 heteroatoms. The maximum Gasteiger partial charge on any atom is 0.251 e. The summed E-state index contributed by atoms with van der Waals surface area (Å²) in [7, 11) is 0.783. The molecular weight excluding hydrogens is 276 g/mol. The van der Waals surface area contributed by atoms with Gasteiger partial charge < -0.3 is 10.2 Å². The Labute approximate surface area is 119 Å². The molecule has 0 spiro atoms. The number of anilines is 1. The van der Waals surface area contributed by atoms with Crippen LogP contribution in [0.4, 0.5) is 5.69 Å². The summed E-state index contributed by atoms with van der Waals surface area (Å²) in [5.74, 6) is -0.0750. The molecule has 1 amide bonds. The van der Waals surface area contributed by atoms with Gasteiger partial charge >= 0.3 is 0 Å². The first-order valence-corrected chi connectivity index (χ1v) is 8.33. The smallest absolute Gasteiger partial charge is 0.251 e. The molecule has 0 aromatic heterocycles. The quantitative estimate of drug-likeness (QED) is 0.906. The van der Waals surface area contributed by atoms with E-state index in [4.69, 9.17) is 0 Å². The molecule has 1 atom stereocenters. The molecule has 1 fully saturated rings. The lowest BCUT2D eigenvalue weighted by atomic mass is 10.0. The van der Waals surface area contributed by atoms with Crippen molar-refractivity contribution in [1.29, 1.82) is 0 Å². The molecule has 0 radical (unpaired) electrons. The minimum Gasteiger partial charge on any atom is -0.378 e. The van der Waals surface area contributed by atoms with Crippen LogP contribution in [0.5, 0.6) is 0 Å². The van der Waals surface area contributed by atoms with Gasteiger partial charge in [0, 0.05) is 25.3 Å². The number of amides is 1. The van der Waals surface area contributed by atoms with Crippen molar-refractivity contribution in [2.45, 2.75) is 18.9 Å². The minimum atomic E-state index is -3.03. The molecule has 1 unspecified atom stereocenters. The van der Waals surface area contributed by atoms with Crippen molar-refractivity contribution in [2.75, 3.05) is 30.5 Å². The molecule has 1 saturated heterocycles. The number of hydrogen-bond donors (Lipinski definition) is 1. The highest BCUT2D eigenvalue weighted by Crippen LogP contribution is 2.23. The average Bonchev–Trinajstić information content (AvgIpc) is 2.63. The fourth-order valence-corrected chi connectivity index (χ4v) is 4.47. The highest BCUT2D eigenvalue weighted by atomic mass is 32.2. The van der Waals surface area contributed by atoms with Crippen LogP contribution >= 0.6 is 0 Å². The Morgan fingerprint density at radius 3 is 2.60 bits per heavy atom. The Balaban J connectivity index is 2.15. The molecule has 1 N–H and O–H groups in total. The minimum absolute atomic E-state index is 0.0130. The summed E-state index contributed by atoms with van der Waals surface area (Å²) in [5.41, 5.74) is 0.813.